The number of anilines is 1. The third-order valence-electron chi connectivity index (χ3n) is 4.73. The van der Waals surface area contributed by atoms with Gasteiger partial charge in [-0.15, -0.1) is 0 Å². The van der Waals surface area contributed by atoms with Gasteiger partial charge in [0.1, 0.15) is 0 Å². The molecule has 2 aliphatic carbocycles. The fraction of sp³-hybridized carbons (Fsp3) is 0.500. The second-order valence-electron chi connectivity index (χ2n) is 6.28. The van der Waals surface area contributed by atoms with Crippen LogP contribution in [0.25, 0.3) is 0 Å². The van der Waals surface area contributed by atoms with Gasteiger partial charge in [-0.1, -0.05) is 37.6 Å². The molecule has 2 aliphatic rings. The molecule has 2 bridgehead atoms. The van der Waals surface area contributed by atoms with Gasteiger partial charge in [-0.25, -0.2) is 0 Å². The molecular weight excluding hydrogens is 246 g/mol. The van der Waals surface area contributed by atoms with Gasteiger partial charge in [0.05, 0.1) is 5.41 Å². The number of hydrogen-bond acceptors (Lipinski definition) is 1. The molecule has 2 heteroatoms. The lowest BCUT2D eigenvalue weighted by molar-refractivity contribution is -0.122. The standard InChI is InChI=1S/C18H23NO/c1-2-3-5-14-6-4-7-16(12-14)19-17(20)18-10-8-15(13-18)9-11-18/h4,6-8,10,12,15H,2-3,5,9,11,13H2,1H3,(H,19,20). The maximum absolute atomic E-state index is 12.6. The Labute approximate surface area is 121 Å². The van der Waals surface area contributed by atoms with Crippen LogP contribution in [-0.4, -0.2) is 5.91 Å². The molecule has 0 aromatic heterocycles. The number of allylic oxidation sites excluding steroid dienone is 1. The molecule has 2 unspecified atom stereocenters. The Morgan fingerprint density at radius 2 is 2.35 bits per heavy atom. The predicted molar refractivity (Wildman–Crippen MR) is 82.6 cm³/mol. The number of fused-ring (bicyclic) bond motifs is 2. The third-order valence-corrected chi connectivity index (χ3v) is 4.73. The van der Waals surface area contributed by atoms with Gasteiger partial charge < -0.3 is 5.32 Å². The van der Waals surface area contributed by atoms with E-state index in [1.807, 2.05) is 12.1 Å². The summed E-state index contributed by atoms with van der Waals surface area (Å²) < 4.78 is 0. The fourth-order valence-corrected chi connectivity index (χ4v) is 3.47. The van der Waals surface area contributed by atoms with Gasteiger partial charge in [-0.2, -0.15) is 0 Å². The van der Waals surface area contributed by atoms with Crippen LogP contribution in [0.4, 0.5) is 5.69 Å². The second kappa shape index (κ2) is 5.43. The SMILES string of the molecule is CCCCc1cccc(NC(=O)C23C=CC(CC2)C3)c1. The molecule has 1 aromatic rings. The van der Waals surface area contributed by atoms with E-state index in [1.165, 1.54) is 24.8 Å². The largest absolute Gasteiger partial charge is 0.325 e. The number of rotatable bonds is 5. The van der Waals surface area contributed by atoms with Crippen molar-refractivity contribution < 1.29 is 4.79 Å². The zero-order valence-corrected chi connectivity index (χ0v) is 12.2. The van der Waals surface area contributed by atoms with Crippen LogP contribution < -0.4 is 5.32 Å². The van der Waals surface area contributed by atoms with Crippen molar-refractivity contribution >= 4 is 11.6 Å². The number of carbonyl (C=O) groups is 1. The zero-order valence-electron chi connectivity index (χ0n) is 12.2. The normalized spacial score (nSPS) is 26.9. The fourth-order valence-electron chi connectivity index (χ4n) is 3.47. The Morgan fingerprint density at radius 1 is 1.45 bits per heavy atom. The highest BCUT2D eigenvalue weighted by molar-refractivity contribution is 5.97. The number of unbranched alkanes of at least 4 members (excludes halogenated alkanes) is 1. The van der Waals surface area contributed by atoms with Gasteiger partial charge in [0.15, 0.2) is 0 Å². The molecule has 0 saturated heterocycles. The number of nitrogens with one attached hydrogen (secondary N) is 1. The van der Waals surface area contributed by atoms with E-state index < -0.39 is 0 Å². The Hall–Kier alpha value is -1.57. The molecule has 2 nitrogen and oxygen atoms in total. The highest BCUT2D eigenvalue weighted by atomic mass is 16.2. The summed E-state index contributed by atoms with van der Waals surface area (Å²) in [6.07, 6.45) is 11.0. The molecule has 1 aromatic carbocycles. The zero-order chi connectivity index (χ0) is 14.0. The van der Waals surface area contributed by atoms with E-state index in [9.17, 15) is 4.79 Å². The number of carbonyl (C=O) groups excluding carboxylic acids is 1. The maximum Gasteiger partial charge on any atom is 0.234 e. The first-order valence-corrected chi connectivity index (χ1v) is 7.82. The van der Waals surface area contributed by atoms with Gasteiger partial charge in [-0.05, 0) is 55.7 Å². The maximum atomic E-state index is 12.6. The Bertz CT molecular complexity index is 534. The van der Waals surface area contributed by atoms with E-state index in [4.69, 9.17) is 0 Å². The van der Waals surface area contributed by atoms with Crippen LogP contribution in [0.2, 0.25) is 0 Å². The minimum absolute atomic E-state index is 0.182. The molecule has 0 heterocycles. The molecule has 0 spiro atoms. The summed E-state index contributed by atoms with van der Waals surface area (Å²) in [5.74, 6) is 0.818. The van der Waals surface area contributed by atoms with E-state index in [1.54, 1.807) is 0 Å². The summed E-state index contributed by atoms with van der Waals surface area (Å²) in [7, 11) is 0. The molecule has 3 rings (SSSR count). The van der Waals surface area contributed by atoms with Crippen molar-refractivity contribution in [2.24, 2.45) is 11.3 Å². The van der Waals surface area contributed by atoms with Crippen molar-refractivity contribution in [2.75, 3.05) is 5.32 Å². The van der Waals surface area contributed by atoms with E-state index in [0.717, 1.165) is 24.9 Å². The van der Waals surface area contributed by atoms with Crippen LogP contribution in [0.1, 0.15) is 44.6 Å². The molecule has 1 fully saturated rings. The average Bonchev–Trinajstić information content (AvgIpc) is 3.07. The number of aryl methyl sites for hydroxylation is 1. The van der Waals surface area contributed by atoms with Crippen LogP contribution in [0.15, 0.2) is 36.4 Å². The van der Waals surface area contributed by atoms with Crippen molar-refractivity contribution in [1.29, 1.82) is 0 Å². The first-order valence-electron chi connectivity index (χ1n) is 7.82. The second-order valence-corrected chi connectivity index (χ2v) is 6.28. The average molecular weight is 269 g/mol. The van der Waals surface area contributed by atoms with Crippen LogP contribution in [-0.2, 0) is 11.2 Å². The van der Waals surface area contributed by atoms with Crippen molar-refractivity contribution in [3.63, 3.8) is 0 Å². The van der Waals surface area contributed by atoms with Gasteiger partial charge in [0, 0.05) is 5.69 Å². The van der Waals surface area contributed by atoms with E-state index in [-0.39, 0.29) is 11.3 Å². The number of amides is 1. The van der Waals surface area contributed by atoms with Gasteiger partial charge >= 0.3 is 0 Å². The lowest BCUT2D eigenvalue weighted by Gasteiger charge is -2.22. The van der Waals surface area contributed by atoms with E-state index >= 15 is 0 Å². The lowest BCUT2D eigenvalue weighted by atomic mass is 9.86. The molecule has 0 aliphatic heterocycles. The molecular formula is C18H23NO. The smallest absolute Gasteiger partial charge is 0.234 e. The van der Waals surface area contributed by atoms with Crippen molar-refractivity contribution in [2.45, 2.75) is 45.4 Å². The topological polar surface area (TPSA) is 29.1 Å². The summed E-state index contributed by atoms with van der Waals surface area (Å²) in [6.45, 7) is 2.20. The molecule has 1 saturated carbocycles. The summed E-state index contributed by atoms with van der Waals surface area (Å²) in [4.78, 5) is 12.6. The molecule has 0 radical (unpaired) electrons. The van der Waals surface area contributed by atoms with Gasteiger partial charge in [0.2, 0.25) is 5.91 Å². The van der Waals surface area contributed by atoms with Crippen molar-refractivity contribution in [3.05, 3.63) is 42.0 Å². The molecule has 2 atom stereocenters. The Kier molecular flexibility index (Phi) is 3.64. The highest BCUT2D eigenvalue weighted by Gasteiger charge is 2.46. The number of hydrogen-bond donors (Lipinski definition) is 1. The van der Waals surface area contributed by atoms with E-state index in [2.05, 4.69) is 36.5 Å². The monoisotopic (exact) mass is 269 g/mol. The van der Waals surface area contributed by atoms with Crippen LogP contribution in [0.3, 0.4) is 0 Å². The minimum atomic E-state index is -0.218. The molecule has 1 N–H and O–H groups in total. The highest BCUT2D eigenvalue weighted by Crippen LogP contribution is 2.49. The van der Waals surface area contributed by atoms with Crippen molar-refractivity contribution in [3.8, 4) is 0 Å². The summed E-state index contributed by atoms with van der Waals surface area (Å²) in [5.41, 5.74) is 2.04. The Balaban J connectivity index is 1.68. The summed E-state index contributed by atoms with van der Waals surface area (Å²) in [5, 5.41) is 3.13. The molecule has 1 amide bonds. The van der Waals surface area contributed by atoms with Crippen molar-refractivity contribution in [1.82, 2.24) is 0 Å². The lowest BCUT2D eigenvalue weighted by Crippen LogP contribution is -2.31. The Morgan fingerprint density at radius 3 is 3.00 bits per heavy atom. The molecule has 106 valence electrons. The van der Waals surface area contributed by atoms with Crippen LogP contribution in [0, 0.1) is 11.3 Å². The quantitative estimate of drug-likeness (QED) is 0.792. The predicted octanol–water partition coefficient (Wildman–Crippen LogP) is 4.32. The van der Waals surface area contributed by atoms with Gasteiger partial charge in [-0.3, -0.25) is 4.79 Å². The summed E-state index contributed by atoms with van der Waals surface area (Å²) >= 11 is 0. The van der Waals surface area contributed by atoms with E-state index in [0.29, 0.717) is 5.92 Å². The number of benzene rings is 1. The minimum Gasteiger partial charge on any atom is -0.325 e. The van der Waals surface area contributed by atoms with Crippen LogP contribution in [0.5, 0.6) is 0 Å². The van der Waals surface area contributed by atoms with Crippen LogP contribution >= 0.6 is 0 Å². The third kappa shape index (κ3) is 2.52. The summed E-state index contributed by atoms with van der Waals surface area (Å²) in [6, 6.07) is 8.30. The molecule has 20 heavy (non-hydrogen) atoms. The first kappa shape index (κ1) is 13.4. The first-order chi connectivity index (χ1) is 9.72. The van der Waals surface area contributed by atoms with Gasteiger partial charge in [0.25, 0.3) is 0 Å².